The summed E-state index contributed by atoms with van der Waals surface area (Å²) in [5.41, 5.74) is 3.02. The van der Waals surface area contributed by atoms with Crippen molar-refractivity contribution in [3.8, 4) is 0 Å². The molecular weight excluding hydrogens is 304 g/mol. The van der Waals surface area contributed by atoms with Crippen LogP contribution in [0.1, 0.15) is 47.7 Å². The van der Waals surface area contributed by atoms with Gasteiger partial charge in [0.15, 0.2) is 5.78 Å². The number of benzene rings is 1. The fraction of sp³-hybridized carbons (Fsp3) is 0.562. The molecule has 3 heteroatoms. The molecule has 0 radical (unpaired) electrons. The van der Waals surface area contributed by atoms with Crippen LogP contribution in [0.3, 0.4) is 0 Å². The second-order valence-electron chi connectivity index (χ2n) is 5.84. The van der Waals surface area contributed by atoms with Crippen LogP contribution >= 0.6 is 15.9 Å². The predicted molar refractivity (Wildman–Crippen MR) is 80.5 cm³/mol. The number of halogens is 1. The van der Waals surface area contributed by atoms with Crippen LogP contribution < -0.4 is 0 Å². The molecule has 1 aliphatic carbocycles. The van der Waals surface area contributed by atoms with E-state index in [1.807, 2.05) is 26.0 Å². The Morgan fingerprint density at radius 1 is 1.26 bits per heavy atom. The summed E-state index contributed by atoms with van der Waals surface area (Å²) in [6, 6.07) is 3.94. The summed E-state index contributed by atoms with van der Waals surface area (Å²) >= 11 is 3.53. The third-order valence-electron chi connectivity index (χ3n) is 4.20. The van der Waals surface area contributed by atoms with E-state index in [0.29, 0.717) is 0 Å². The fourth-order valence-electron chi connectivity index (χ4n) is 3.06. The lowest BCUT2D eigenvalue weighted by Gasteiger charge is -2.31. The van der Waals surface area contributed by atoms with Gasteiger partial charge in [0.1, 0.15) is 0 Å². The maximum absolute atomic E-state index is 12.6. The van der Waals surface area contributed by atoms with Crippen LogP contribution in [0.4, 0.5) is 0 Å². The van der Waals surface area contributed by atoms with Crippen LogP contribution in [0.25, 0.3) is 0 Å². The van der Waals surface area contributed by atoms with E-state index in [2.05, 4.69) is 22.9 Å². The Morgan fingerprint density at radius 2 is 1.84 bits per heavy atom. The van der Waals surface area contributed by atoms with E-state index in [4.69, 9.17) is 0 Å². The van der Waals surface area contributed by atoms with Gasteiger partial charge in [-0.15, -0.1) is 0 Å². The Balaban J connectivity index is 2.25. The summed E-state index contributed by atoms with van der Waals surface area (Å²) in [6.45, 7) is 6.10. The van der Waals surface area contributed by atoms with Crippen molar-refractivity contribution in [1.29, 1.82) is 0 Å². The van der Waals surface area contributed by atoms with E-state index in [-0.39, 0.29) is 23.7 Å². The number of aliphatic hydroxyl groups excluding tert-OH is 1. The first-order valence-electron chi connectivity index (χ1n) is 6.89. The van der Waals surface area contributed by atoms with E-state index in [0.717, 1.165) is 40.4 Å². The molecule has 0 aromatic heterocycles. The van der Waals surface area contributed by atoms with Crippen LogP contribution in [-0.4, -0.2) is 17.0 Å². The molecule has 1 aromatic rings. The number of carbonyl (C=O) groups excluding carboxylic acids is 1. The van der Waals surface area contributed by atoms with Gasteiger partial charge in [0.05, 0.1) is 6.10 Å². The van der Waals surface area contributed by atoms with Crippen molar-refractivity contribution in [2.45, 2.75) is 46.1 Å². The number of hydrogen-bond acceptors (Lipinski definition) is 2. The van der Waals surface area contributed by atoms with E-state index in [1.165, 1.54) is 0 Å². The standard InChI is InChI=1S/C16H21BrO2/c1-9-8-13(18)4-5-14(9)16(19)12-6-10(2)15(17)11(3)7-12/h6-7,9,13-14,18H,4-5,8H2,1-3H3. The average molecular weight is 325 g/mol. The van der Waals surface area contributed by atoms with Crippen molar-refractivity contribution >= 4 is 21.7 Å². The van der Waals surface area contributed by atoms with Crippen molar-refractivity contribution in [2.75, 3.05) is 0 Å². The molecule has 1 aromatic carbocycles. The summed E-state index contributed by atoms with van der Waals surface area (Å²) in [6.07, 6.45) is 2.06. The highest BCUT2D eigenvalue weighted by Crippen LogP contribution is 2.33. The number of aryl methyl sites for hydroxylation is 2. The highest BCUT2D eigenvalue weighted by atomic mass is 79.9. The number of aliphatic hydroxyl groups is 1. The fourth-order valence-corrected chi connectivity index (χ4v) is 3.29. The Labute approximate surface area is 123 Å². The average Bonchev–Trinajstić information content (AvgIpc) is 2.34. The lowest BCUT2D eigenvalue weighted by atomic mass is 9.75. The molecule has 104 valence electrons. The molecule has 2 rings (SSSR count). The second kappa shape index (κ2) is 5.76. The van der Waals surface area contributed by atoms with Crippen molar-refractivity contribution in [3.63, 3.8) is 0 Å². The Kier molecular flexibility index (Phi) is 4.46. The third-order valence-corrected chi connectivity index (χ3v) is 5.45. The van der Waals surface area contributed by atoms with Crippen molar-refractivity contribution in [2.24, 2.45) is 11.8 Å². The maximum Gasteiger partial charge on any atom is 0.166 e. The molecule has 3 atom stereocenters. The molecule has 0 amide bonds. The van der Waals surface area contributed by atoms with Gasteiger partial charge in [0.2, 0.25) is 0 Å². The van der Waals surface area contributed by atoms with Crippen LogP contribution in [0.2, 0.25) is 0 Å². The van der Waals surface area contributed by atoms with Crippen LogP contribution in [0, 0.1) is 25.7 Å². The van der Waals surface area contributed by atoms with Crippen molar-refractivity contribution < 1.29 is 9.90 Å². The second-order valence-corrected chi connectivity index (χ2v) is 6.63. The van der Waals surface area contributed by atoms with Gasteiger partial charge < -0.3 is 5.11 Å². The quantitative estimate of drug-likeness (QED) is 0.833. The zero-order chi connectivity index (χ0) is 14.2. The van der Waals surface area contributed by atoms with Gasteiger partial charge in [0, 0.05) is 16.0 Å². The molecular formula is C16H21BrO2. The molecule has 3 unspecified atom stereocenters. The number of rotatable bonds is 2. The lowest BCUT2D eigenvalue weighted by molar-refractivity contribution is 0.0594. The van der Waals surface area contributed by atoms with Crippen molar-refractivity contribution in [3.05, 3.63) is 33.3 Å². The lowest BCUT2D eigenvalue weighted by Crippen LogP contribution is -2.31. The topological polar surface area (TPSA) is 37.3 Å². The first-order valence-corrected chi connectivity index (χ1v) is 7.68. The monoisotopic (exact) mass is 324 g/mol. The van der Waals surface area contributed by atoms with Crippen LogP contribution in [0.5, 0.6) is 0 Å². The van der Waals surface area contributed by atoms with Crippen LogP contribution in [-0.2, 0) is 0 Å². The maximum atomic E-state index is 12.6. The minimum atomic E-state index is -0.229. The van der Waals surface area contributed by atoms with Gasteiger partial charge in [-0.25, -0.2) is 0 Å². The smallest absolute Gasteiger partial charge is 0.166 e. The molecule has 1 N–H and O–H groups in total. The Hall–Kier alpha value is -0.670. The van der Waals surface area contributed by atoms with Gasteiger partial charge in [-0.2, -0.15) is 0 Å². The van der Waals surface area contributed by atoms with Gasteiger partial charge in [-0.1, -0.05) is 22.9 Å². The molecule has 1 saturated carbocycles. The number of Topliss-reactive ketones (excluding diaryl/α,β-unsaturated/α-hetero) is 1. The Bertz CT molecular complexity index is 473. The molecule has 1 fully saturated rings. The molecule has 0 aliphatic heterocycles. The van der Waals surface area contributed by atoms with Gasteiger partial charge in [-0.3, -0.25) is 4.79 Å². The summed E-state index contributed by atoms with van der Waals surface area (Å²) in [7, 11) is 0. The molecule has 19 heavy (non-hydrogen) atoms. The summed E-state index contributed by atoms with van der Waals surface area (Å²) in [5.74, 6) is 0.557. The van der Waals surface area contributed by atoms with E-state index in [9.17, 15) is 9.90 Å². The molecule has 2 nitrogen and oxygen atoms in total. The first kappa shape index (κ1) is 14.7. The predicted octanol–water partition coefficient (Wildman–Crippen LogP) is 4.05. The van der Waals surface area contributed by atoms with E-state index in [1.54, 1.807) is 0 Å². The normalized spacial score (nSPS) is 27.3. The van der Waals surface area contributed by atoms with Gasteiger partial charge in [-0.05, 0) is 62.3 Å². The summed E-state index contributed by atoms with van der Waals surface area (Å²) in [5, 5.41) is 9.66. The summed E-state index contributed by atoms with van der Waals surface area (Å²) in [4.78, 5) is 12.6. The molecule has 0 heterocycles. The van der Waals surface area contributed by atoms with Crippen molar-refractivity contribution in [1.82, 2.24) is 0 Å². The zero-order valence-corrected chi connectivity index (χ0v) is 13.3. The number of hydrogen-bond donors (Lipinski definition) is 1. The molecule has 0 saturated heterocycles. The third kappa shape index (κ3) is 3.09. The highest BCUT2D eigenvalue weighted by Gasteiger charge is 2.32. The first-order chi connectivity index (χ1) is 8.90. The van der Waals surface area contributed by atoms with Crippen LogP contribution in [0.15, 0.2) is 16.6 Å². The SMILES string of the molecule is Cc1cc(C(=O)C2CCC(O)CC2C)cc(C)c1Br. The largest absolute Gasteiger partial charge is 0.393 e. The number of carbonyl (C=O) groups is 1. The highest BCUT2D eigenvalue weighted by molar-refractivity contribution is 9.10. The van der Waals surface area contributed by atoms with E-state index < -0.39 is 0 Å². The minimum Gasteiger partial charge on any atom is -0.393 e. The molecule has 0 bridgehead atoms. The number of ketones is 1. The zero-order valence-electron chi connectivity index (χ0n) is 11.7. The van der Waals surface area contributed by atoms with Gasteiger partial charge in [0.25, 0.3) is 0 Å². The summed E-state index contributed by atoms with van der Waals surface area (Å²) < 4.78 is 1.08. The van der Waals surface area contributed by atoms with Gasteiger partial charge >= 0.3 is 0 Å². The van der Waals surface area contributed by atoms with E-state index >= 15 is 0 Å². The minimum absolute atomic E-state index is 0.0587. The molecule has 1 aliphatic rings. The Morgan fingerprint density at radius 3 is 2.37 bits per heavy atom. The molecule has 0 spiro atoms.